The predicted molar refractivity (Wildman–Crippen MR) is 156 cm³/mol. The van der Waals surface area contributed by atoms with Crippen molar-refractivity contribution in [2.24, 2.45) is 5.92 Å². The highest BCUT2D eigenvalue weighted by atomic mass is 32.2. The monoisotopic (exact) mass is 573 g/mol. The lowest BCUT2D eigenvalue weighted by molar-refractivity contribution is -0.129. The molecule has 5 rings (SSSR count). The van der Waals surface area contributed by atoms with E-state index in [9.17, 15) is 14.0 Å². The summed E-state index contributed by atoms with van der Waals surface area (Å²) in [5.41, 5.74) is 2.32. The van der Waals surface area contributed by atoms with E-state index in [0.717, 1.165) is 32.4 Å². The van der Waals surface area contributed by atoms with Gasteiger partial charge in [-0.05, 0) is 73.2 Å². The first-order valence-corrected chi connectivity index (χ1v) is 14.6. The van der Waals surface area contributed by atoms with Gasteiger partial charge in [-0.3, -0.25) is 14.2 Å². The van der Waals surface area contributed by atoms with Crippen LogP contribution in [0.2, 0.25) is 0 Å². The summed E-state index contributed by atoms with van der Waals surface area (Å²) < 4.78 is 21.0. The molecule has 0 bridgehead atoms. The molecular weight excluding hydrogens is 541 g/mol. The van der Waals surface area contributed by atoms with Crippen molar-refractivity contribution in [2.45, 2.75) is 31.0 Å². The number of carbonyl (C=O) groups is 2. The Balaban J connectivity index is 1.22. The van der Waals surface area contributed by atoms with Crippen LogP contribution in [0.5, 0.6) is 5.75 Å². The topological polar surface area (TPSA) is 89.3 Å². The van der Waals surface area contributed by atoms with Gasteiger partial charge in [-0.2, -0.15) is 0 Å². The highest BCUT2D eigenvalue weighted by Crippen LogP contribution is 2.26. The minimum absolute atomic E-state index is 0.0383. The number of hydrogen-bond donors (Lipinski definition) is 1. The number of rotatable bonds is 10. The second-order valence-electron chi connectivity index (χ2n) is 9.93. The molecule has 8 nitrogen and oxygen atoms in total. The number of benzene rings is 3. The number of aromatic nitrogens is 3. The van der Waals surface area contributed by atoms with Crippen LogP contribution < -0.4 is 10.1 Å². The molecule has 0 spiro atoms. The van der Waals surface area contributed by atoms with Crippen LogP contribution >= 0.6 is 11.8 Å². The van der Waals surface area contributed by atoms with E-state index >= 15 is 0 Å². The Kier molecular flexibility index (Phi) is 9.30. The molecule has 2 heterocycles. The number of methoxy groups -OCH3 is 1. The standard InChI is InChI=1S/C31H32FN5O3S/c1-40-27-12-10-24(11-13-27)30(39)33-20-28-34-35-31(37(28)26-9-5-8-25(32)19-26)41-21-29(38)36-16-14-23(15-17-36)18-22-6-3-2-4-7-22/h2-13,19,23H,14-18,20-21H2,1H3,(H,33,39). The van der Waals surface area contributed by atoms with Crippen LogP contribution in [0.1, 0.15) is 34.6 Å². The van der Waals surface area contributed by atoms with Gasteiger partial charge in [0.15, 0.2) is 11.0 Å². The molecule has 0 atom stereocenters. The first kappa shape index (κ1) is 28.4. The number of piperidine rings is 1. The number of halogens is 1. The normalized spacial score (nSPS) is 13.7. The van der Waals surface area contributed by atoms with Gasteiger partial charge in [-0.1, -0.05) is 48.2 Å². The summed E-state index contributed by atoms with van der Waals surface area (Å²) >= 11 is 1.26. The van der Waals surface area contributed by atoms with Crippen molar-refractivity contribution >= 4 is 23.6 Å². The van der Waals surface area contributed by atoms with E-state index in [4.69, 9.17) is 4.74 Å². The smallest absolute Gasteiger partial charge is 0.251 e. The molecule has 1 fully saturated rings. The summed E-state index contributed by atoms with van der Waals surface area (Å²) in [4.78, 5) is 27.7. The summed E-state index contributed by atoms with van der Waals surface area (Å²) in [6, 6.07) is 23.3. The molecule has 0 saturated carbocycles. The van der Waals surface area contributed by atoms with Crippen LogP contribution in [-0.2, 0) is 17.8 Å². The highest BCUT2D eigenvalue weighted by molar-refractivity contribution is 7.99. The summed E-state index contributed by atoms with van der Waals surface area (Å²) in [6.45, 7) is 1.53. The Hall–Kier alpha value is -4.18. The van der Waals surface area contributed by atoms with Gasteiger partial charge in [0.1, 0.15) is 11.6 Å². The molecule has 3 aromatic carbocycles. The average Bonchev–Trinajstić information content (AvgIpc) is 3.42. The molecule has 212 valence electrons. The maximum absolute atomic E-state index is 14.1. The largest absolute Gasteiger partial charge is 0.497 e. The zero-order valence-corrected chi connectivity index (χ0v) is 23.6. The second kappa shape index (κ2) is 13.5. The van der Waals surface area contributed by atoms with E-state index in [-0.39, 0.29) is 24.1 Å². The first-order chi connectivity index (χ1) is 20.0. The van der Waals surface area contributed by atoms with E-state index in [1.807, 2.05) is 11.0 Å². The quantitative estimate of drug-likeness (QED) is 0.271. The zero-order valence-electron chi connectivity index (χ0n) is 22.8. The zero-order chi connectivity index (χ0) is 28.6. The number of hydrogen-bond acceptors (Lipinski definition) is 6. The third kappa shape index (κ3) is 7.32. The van der Waals surface area contributed by atoms with Crippen molar-refractivity contribution in [3.8, 4) is 11.4 Å². The van der Waals surface area contributed by atoms with Crippen LogP contribution in [0, 0.1) is 11.7 Å². The lowest BCUT2D eigenvalue weighted by atomic mass is 9.90. The van der Waals surface area contributed by atoms with Crippen LogP contribution in [0.4, 0.5) is 4.39 Å². The van der Waals surface area contributed by atoms with Gasteiger partial charge in [0.05, 0.1) is 25.1 Å². The van der Waals surface area contributed by atoms with Gasteiger partial charge in [-0.25, -0.2) is 4.39 Å². The lowest BCUT2D eigenvalue weighted by Crippen LogP contribution is -2.39. The van der Waals surface area contributed by atoms with Crippen LogP contribution in [0.25, 0.3) is 5.69 Å². The van der Waals surface area contributed by atoms with E-state index in [1.165, 1.54) is 29.5 Å². The van der Waals surface area contributed by atoms with E-state index in [1.54, 1.807) is 48.1 Å². The summed E-state index contributed by atoms with van der Waals surface area (Å²) in [6.07, 6.45) is 2.98. The van der Waals surface area contributed by atoms with E-state index in [0.29, 0.717) is 33.9 Å². The maximum Gasteiger partial charge on any atom is 0.251 e. The minimum atomic E-state index is -0.408. The predicted octanol–water partition coefficient (Wildman–Crippen LogP) is 4.92. The Labute approximate surface area is 242 Å². The van der Waals surface area contributed by atoms with Crippen LogP contribution in [-0.4, -0.2) is 57.4 Å². The molecule has 1 N–H and O–H groups in total. The fourth-order valence-corrected chi connectivity index (χ4v) is 5.81. The van der Waals surface area contributed by atoms with Crippen molar-refractivity contribution < 1.29 is 18.7 Å². The Morgan fingerprint density at radius 1 is 1.00 bits per heavy atom. The van der Waals surface area contributed by atoms with Gasteiger partial charge >= 0.3 is 0 Å². The van der Waals surface area contributed by atoms with Gasteiger partial charge in [0.25, 0.3) is 5.91 Å². The SMILES string of the molecule is COc1ccc(C(=O)NCc2nnc(SCC(=O)N3CCC(Cc4ccccc4)CC3)n2-c2cccc(F)c2)cc1. The Bertz CT molecular complexity index is 1470. The van der Waals surface area contributed by atoms with E-state index < -0.39 is 5.82 Å². The van der Waals surface area contributed by atoms with Crippen molar-refractivity contribution in [3.63, 3.8) is 0 Å². The molecule has 1 aliphatic rings. The van der Waals surface area contributed by atoms with Gasteiger partial charge in [0.2, 0.25) is 5.91 Å². The molecule has 0 radical (unpaired) electrons. The van der Waals surface area contributed by atoms with Crippen molar-refractivity contribution in [1.29, 1.82) is 0 Å². The molecule has 0 aliphatic carbocycles. The van der Waals surface area contributed by atoms with Crippen molar-refractivity contribution in [2.75, 3.05) is 26.0 Å². The third-order valence-corrected chi connectivity index (χ3v) is 8.10. The van der Waals surface area contributed by atoms with Gasteiger partial charge in [0, 0.05) is 18.7 Å². The number of nitrogens with one attached hydrogen (secondary N) is 1. The molecule has 0 unspecified atom stereocenters. The molecule has 41 heavy (non-hydrogen) atoms. The Morgan fingerprint density at radius 2 is 1.76 bits per heavy atom. The lowest BCUT2D eigenvalue weighted by Gasteiger charge is -2.32. The number of nitrogens with zero attached hydrogens (tertiary/aromatic N) is 4. The van der Waals surface area contributed by atoms with Gasteiger partial charge < -0.3 is 15.0 Å². The fraction of sp³-hybridized carbons (Fsp3) is 0.290. The van der Waals surface area contributed by atoms with Crippen molar-refractivity contribution in [1.82, 2.24) is 25.0 Å². The van der Waals surface area contributed by atoms with Crippen LogP contribution in [0.15, 0.2) is 84.0 Å². The molecule has 1 aliphatic heterocycles. The number of amides is 2. The number of thioether (sulfide) groups is 1. The Morgan fingerprint density at radius 3 is 2.46 bits per heavy atom. The molecular formula is C31H32FN5O3S. The highest BCUT2D eigenvalue weighted by Gasteiger charge is 2.24. The molecule has 4 aromatic rings. The maximum atomic E-state index is 14.1. The van der Waals surface area contributed by atoms with Crippen molar-refractivity contribution in [3.05, 3.63) is 102 Å². The third-order valence-electron chi connectivity index (χ3n) is 7.19. The molecule has 10 heteroatoms. The fourth-order valence-electron chi connectivity index (χ4n) is 4.94. The van der Waals surface area contributed by atoms with E-state index in [2.05, 4.69) is 39.8 Å². The molecule has 2 amide bonds. The number of likely N-dealkylation sites (tertiary alicyclic amines) is 1. The molecule has 1 aromatic heterocycles. The summed E-state index contributed by atoms with van der Waals surface area (Å²) in [5, 5.41) is 11.9. The van der Waals surface area contributed by atoms with Gasteiger partial charge in [-0.15, -0.1) is 10.2 Å². The minimum Gasteiger partial charge on any atom is -0.497 e. The average molecular weight is 574 g/mol. The number of ether oxygens (including phenoxy) is 1. The molecule has 1 saturated heterocycles. The first-order valence-electron chi connectivity index (χ1n) is 13.6. The summed E-state index contributed by atoms with van der Waals surface area (Å²) in [5.74, 6) is 1.18. The van der Waals surface area contributed by atoms with Crippen LogP contribution in [0.3, 0.4) is 0 Å². The summed E-state index contributed by atoms with van der Waals surface area (Å²) in [7, 11) is 1.56. The second-order valence-corrected chi connectivity index (χ2v) is 10.9. The number of carbonyl (C=O) groups excluding carboxylic acids is 2.